The zero-order valence-corrected chi connectivity index (χ0v) is 14.3. The quantitative estimate of drug-likeness (QED) is 0.784. The van der Waals surface area contributed by atoms with E-state index in [0.717, 1.165) is 17.4 Å². The van der Waals surface area contributed by atoms with Crippen LogP contribution in [0.3, 0.4) is 0 Å². The molecule has 0 aliphatic heterocycles. The highest BCUT2D eigenvalue weighted by Crippen LogP contribution is 2.29. The number of halogens is 1. The second-order valence-electron chi connectivity index (χ2n) is 4.88. The van der Waals surface area contributed by atoms with Crippen molar-refractivity contribution in [3.05, 3.63) is 45.7 Å². The van der Waals surface area contributed by atoms with Gasteiger partial charge in [0.1, 0.15) is 0 Å². The Balaban J connectivity index is 2.07. The zero-order valence-electron chi connectivity index (χ0n) is 11.9. The maximum Gasteiger partial charge on any atom is 0.317 e. The molecule has 0 bridgehead atoms. The van der Waals surface area contributed by atoms with Crippen molar-refractivity contribution < 1.29 is 9.90 Å². The van der Waals surface area contributed by atoms with Crippen molar-refractivity contribution in [2.75, 3.05) is 13.1 Å². The van der Waals surface area contributed by atoms with Crippen molar-refractivity contribution >= 4 is 33.2 Å². The van der Waals surface area contributed by atoms with E-state index in [0.29, 0.717) is 6.54 Å². The fraction of sp³-hybridized carbons (Fsp3) is 0.312. The molecule has 2 rings (SSSR count). The van der Waals surface area contributed by atoms with E-state index < -0.39 is 5.97 Å². The van der Waals surface area contributed by atoms with Gasteiger partial charge in [0.05, 0.1) is 6.54 Å². The minimum Gasteiger partial charge on any atom is -0.480 e. The number of benzene rings is 1. The Hall–Kier alpha value is -1.17. The van der Waals surface area contributed by atoms with Gasteiger partial charge in [-0.1, -0.05) is 35.0 Å². The molecule has 5 heteroatoms. The Morgan fingerprint density at radius 2 is 1.95 bits per heavy atom. The molecule has 0 atom stereocenters. The standard InChI is InChI=1S/C16H18BrNO2S/c1-2-9-18(11-16(19)20)10-14-7-8-15(21-14)12-3-5-13(17)6-4-12/h3-8H,2,9-11H2,1H3,(H,19,20). The zero-order chi connectivity index (χ0) is 15.2. The Morgan fingerprint density at radius 3 is 2.57 bits per heavy atom. The average Bonchev–Trinajstić information content (AvgIpc) is 2.87. The molecule has 0 aliphatic carbocycles. The molecule has 0 saturated heterocycles. The van der Waals surface area contributed by atoms with Crippen LogP contribution in [0, 0.1) is 0 Å². The van der Waals surface area contributed by atoms with Crippen molar-refractivity contribution in [2.45, 2.75) is 19.9 Å². The molecule has 0 radical (unpaired) electrons. The van der Waals surface area contributed by atoms with Gasteiger partial charge in [-0.3, -0.25) is 9.69 Å². The molecular formula is C16H18BrNO2S. The van der Waals surface area contributed by atoms with E-state index >= 15 is 0 Å². The van der Waals surface area contributed by atoms with Gasteiger partial charge in [0.25, 0.3) is 0 Å². The third kappa shape index (κ3) is 4.95. The summed E-state index contributed by atoms with van der Waals surface area (Å²) in [6.07, 6.45) is 0.957. The summed E-state index contributed by atoms with van der Waals surface area (Å²) in [5.74, 6) is -0.770. The monoisotopic (exact) mass is 367 g/mol. The molecule has 1 aromatic heterocycles. The summed E-state index contributed by atoms with van der Waals surface area (Å²) in [6.45, 7) is 3.66. The summed E-state index contributed by atoms with van der Waals surface area (Å²) in [4.78, 5) is 15.3. The number of nitrogens with zero attached hydrogens (tertiary/aromatic N) is 1. The van der Waals surface area contributed by atoms with Crippen LogP contribution in [0.5, 0.6) is 0 Å². The van der Waals surface area contributed by atoms with Crippen LogP contribution in [-0.4, -0.2) is 29.1 Å². The molecule has 1 aromatic carbocycles. The van der Waals surface area contributed by atoms with Crippen LogP contribution in [0.25, 0.3) is 10.4 Å². The summed E-state index contributed by atoms with van der Waals surface area (Å²) in [7, 11) is 0. The topological polar surface area (TPSA) is 40.5 Å². The first-order chi connectivity index (χ1) is 10.1. The van der Waals surface area contributed by atoms with Crippen LogP contribution in [0.2, 0.25) is 0 Å². The molecule has 0 spiro atoms. The number of carbonyl (C=O) groups is 1. The van der Waals surface area contributed by atoms with Gasteiger partial charge in [-0.25, -0.2) is 0 Å². The number of hydrogen-bond acceptors (Lipinski definition) is 3. The number of rotatable bonds is 7. The number of carboxylic acid groups (broad SMARTS) is 1. The van der Waals surface area contributed by atoms with Crippen LogP contribution >= 0.6 is 27.3 Å². The van der Waals surface area contributed by atoms with Crippen molar-refractivity contribution in [3.63, 3.8) is 0 Å². The van der Waals surface area contributed by atoms with Crippen LogP contribution < -0.4 is 0 Å². The number of hydrogen-bond donors (Lipinski definition) is 1. The summed E-state index contributed by atoms with van der Waals surface area (Å²) in [6, 6.07) is 12.4. The summed E-state index contributed by atoms with van der Waals surface area (Å²) in [5.41, 5.74) is 1.19. The lowest BCUT2D eigenvalue weighted by molar-refractivity contribution is -0.138. The number of aliphatic carboxylic acids is 1. The molecule has 0 fully saturated rings. The van der Waals surface area contributed by atoms with Gasteiger partial charge in [0.2, 0.25) is 0 Å². The first kappa shape index (κ1) is 16.2. The van der Waals surface area contributed by atoms with Crippen LogP contribution in [0.1, 0.15) is 18.2 Å². The molecule has 3 nitrogen and oxygen atoms in total. The van der Waals surface area contributed by atoms with Crippen LogP contribution in [0.4, 0.5) is 0 Å². The Bertz CT molecular complexity index is 595. The molecule has 21 heavy (non-hydrogen) atoms. The van der Waals surface area contributed by atoms with Gasteiger partial charge >= 0.3 is 5.97 Å². The Labute approximate surface area is 137 Å². The normalized spacial score (nSPS) is 11.0. The SMILES string of the molecule is CCCN(CC(=O)O)Cc1ccc(-c2ccc(Br)cc2)s1. The molecule has 0 unspecified atom stereocenters. The van der Waals surface area contributed by atoms with Gasteiger partial charge in [0, 0.05) is 20.8 Å². The summed E-state index contributed by atoms with van der Waals surface area (Å²) in [5, 5.41) is 8.96. The van der Waals surface area contributed by atoms with Crippen LogP contribution in [-0.2, 0) is 11.3 Å². The first-order valence-electron chi connectivity index (χ1n) is 6.87. The van der Waals surface area contributed by atoms with Gasteiger partial charge in [-0.05, 0) is 42.8 Å². The van der Waals surface area contributed by atoms with Gasteiger partial charge in [-0.15, -0.1) is 11.3 Å². The van der Waals surface area contributed by atoms with Crippen LogP contribution in [0.15, 0.2) is 40.9 Å². The van der Waals surface area contributed by atoms with Crippen molar-refractivity contribution in [1.29, 1.82) is 0 Å². The second-order valence-corrected chi connectivity index (χ2v) is 6.96. The van der Waals surface area contributed by atoms with E-state index in [1.807, 2.05) is 17.0 Å². The second kappa shape index (κ2) is 7.73. The minimum absolute atomic E-state index is 0.0966. The predicted octanol–water partition coefficient (Wildman–Crippen LogP) is 4.47. The van der Waals surface area contributed by atoms with E-state index in [1.54, 1.807) is 11.3 Å². The molecule has 2 aromatic rings. The third-order valence-corrected chi connectivity index (χ3v) is 4.72. The van der Waals surface area contributed by atoms with Gasteiger partial charge in [-0.2, -0.15) is 0 Å². The highest BCUT2D eigenvalue weighted by molar-refractivity contribution is 9.10. The maximum absolute atomic E-state index is 10.9. The first-order valence-corrected chi connectivity index (χ1v) is 8.48. The summed E-state index contributed by atoms with van der Waals surface area (Å²) >= 11 is 5.16. The number of thiophene rings is 1. The highest BCUT2D eigenvalue weighted by Gasteiger charge is 2.11. The van der Waals surface area contributed by atoms with E-state index in [1.165, 1.54) is 15.3 Å². The van der Waals surface area contributed by atoms with Crippen molar-refractivity contribution in [3.8, 4) is 10.4 Å². The van der Waals surface area contributed by atoms with Crippen molar-refractivity contribution in [2.24, 2.45) is 0 Å². The highest BCUT2D eigenvalue weighted by atomic mass is 79.9. The molecule has 1 heterocycles. The fourth-order valence-electron chi connectivity index (χ4n) is 2.17. The predicted molar refractivity (Wildman–Crippen MR) is 90.7 cm³/mol. The largest absolute Gasteiger partial charge is 0.480 e. The fourth-order valence-corrected chi connectivity index (χ4v) is 3.49. The van der Waals surface area contributed by atoms with Crippen molar-refractivity contribution in [1.82, 2.24) is 4.90 Å². The average molecular weight is 368 g/mol. The number of carboxylic acids is 1. The molecule has 0 saturated carbocycles. The lowest BCUT2D eigenvalue weighted by Crippen LogP contribution is -2.29. The maximum atomic E-state index is 10.9. The van der Waals surface area contributed by atoms with Gasteiger partial charge < -0.3 is 5.11 Å². The van der Waals surface area contributed by atoms with E-state index in [4.69, 9.17) is 5.11 Å². The Morgan fingerprint density at radius 1 is 1.24 bits per heavy atom. The lowest BCUT2D eigenvalue weighted by atomic mass is 10.2. The minimum atomic E-state index is -0.770. The smallest absolute Gasteiger partial charge is 0.317 e. The molecule has 0 amide bonds. The summed E-state index contributed by atoms with van der Waals surface area (Å²) < 4.78 is 1.07. The molecule has 112 valence electrons. The molecule has 0 aliphatic rings. The van der Waals surface area contributed by atoms with E-state index in [2.05, 4.69) is 47.1 Å². The van der Waals surface area contributed by atoms with Gasteiger partial charge in [0.15, 0.2) is 0 Å². The lowest BCUT2D eigenvalue weighted by Gasteiger charge is -2.18. The molecule has 1 N–H and O–H groups in total. The molecular weight excluding hydrogens is 350 g/mol. The third-order valence-electron chi connectivity index (χ3n) is 3.07. The van der Waals surface area contributed by atoms with E-state index in [9.17, 15) is 4.79 Å². The van der Waals surface area contributed by atoms with E-state index in [-0.39, 0.29) is 6.54 Å². The Kier molecular flexibility index (Phi) is 5.96.